The van der Waals surface area contributed by atoms with Crippen LogP contribution in [0.3, 0.4) is 0 Å². The van der Waals surface area contributed by atoms with Gasteiger partial charge in [-0.15, -0.1) is 0 Å². The molecule has 6 heteroatoms. The summed E-state index contributed by atoms with van der Waals surface area (Å²) in [6, 6.07) is 18.7. The van der Waals surface area contributed by atoms with Crippen molar-refractivity contribution in [1.82, 2.24) is 0 Å². The Bertz CT molecular complexity index is 1360. The summed E-state index contributed by atoms with van der Waals surface area (Å²) in [5.41, 5.74) is 1.18. The number of benzene rings is 2. The average molecular weight is 615 g/mol. The van der Waals surface area contributed by atoms with Crippen LogP contribution in [0.15, 0.2) is 60.7 Å². The highest BCUT2D eigenvalue weighted by Crippen LogP contribution is 2.69. The first-order chi connectivity index (χ1) is 21.6. The molecule has 0 N–H and O–H groups in total. The Labute approximate surface area is 268 Å². The lowest BCUT2D eigenvalue weighted by molar-refractivity contribution is -0.176. The van der Waals surface area contributed by atoms with E-state index in [1.165, 1.54) is 13.5 Å². The fraction of sp³-hybridized carbons (Fsp3) is 0.615. The SMILES string of the molecule is COC(=O)CCC(C)C1CCC2C3CCC4CC(OC(=O)c5ccccc5)CCC4(C)C3CC(OC(=O)c3ccccc3)C12C. The van der Waals surface area contributed by atoms with Crippen molar-refractivity contribution in [1.29, 1.82) is 0 Å². The van der Waals surface area contributed by atoms with Crippen LogP contribution in [0.25, 0.3) is 0 Å². The molecule has 4 aliphatic rings. The minimum Gasteiger partial charge on any atom is -0.469 e. The third-order valence-electron chi connectivity index (χ3n) is 13.0. The van der Waals surface area contributed by atoms with Gasteiger partial charge in [0.2, 0.25) is 0 Å². The minimum atomic E-state index is -0.235. The summed E-state index contributed by atoms with van der Waals surface area (Å²) >= 11 is 0. The largest absolute Gasteiger partial charge is 0.469 e. The second-order valence-corrected chi connectivity index (χ2v) is 15.0. The molecule has 0 aliphatic heterocycles. The average Bonchev–Trinajstić information content (AvgIpc) is 3.43. The molecule has 0 amide bonds. The lowest BCUT2D eigenvalue weighted by atomic mass is 9.43. The molecule has 4 fully saturated rings. The number of hydrogen-bond acceptors (Lipinski definition) is 6. The van der Waals surface area contributed by atoms with Crippen molar-refractivity contribution < 1.29 is 28.6 Å². The Morgan fingerprint density at radius 3 is 2.09 bits per heavy atom. The van der Waals surface area contributed by atoms with Gasteiger partial charge in [-0.1, -0.05) is 57.2 Å². The maximum Gasteiger partial charge on any atom is 0.338 e. The summed E-state index contributed by atoms with van der Waals surface area (Å²) in [7, 11) is 1.46. The van der Waals surface area contributed by atoms with Gasteiger partial charge in [-0.25, -0.2) is 9.59 Å². The van der Waals surface area contributed by atoms with E-state index in [1.54, 1.807) is 0 Å². The second kappa shape index (κ2) is 12.9. The summed E-state index contributed by atoms with van der Waals surface area (Å²) in [6.07, 6.45) is 9.21. The number of fused-ring (bicyclic) bond motifs is 5. The van der Waals surface area contributed by atoms with Crippen LogP contribution in [0.1, 0.15) is 106 Å². The molecule has 2 aromatic carbocycles. The summed E-state index contributed by atoms with van der Waals surface area (Å²) in [6.45, 7) is 7.16. The molecule has 10 atom stereocenters. The van der Waals surface area contributed by atoms with E-state index < -0.39 is 0 Å². The molecular formula is C39H50O6. The normalized spacial score (nSPS) is 36.0. The molecule has 45 heavy (non-hydrogen) atoms. The molecule has 6 nitrogen and oxygen atoms in total. The molecule has 4 saturated carbocycles. The van der Waals surface area contributed by atoms with E-state index in [9.17, 15) is 14.4 Å². The van der Waals surface area contributed by atoms with Crippen molar-refractivity contribution in [3.63, 3.8) is 0 Å². The van der Waals surface area contributed by atoms with E-state index in [4.69, 9.17) is 14.2 Å². The van der Waals surface area contributed by atoms with Crippen molar-refractivity contribution in [2.45, 2.75) is 97.2 Å². The van der Waals surface area contributed by atoms with E-state index in [0.29, 0.717) is 53.1 Å². The number of methoxy groups -OCH3 is 1. The third kappa shape index (κ3) is 5.94. The maximum absolute atomic E-state index is 13.6. The summed E-state index contributed by atoms with van der Waals surface area (Å²) in [4.78, 5) is 38.6. The van der Waals surface area contributed by atoms with Crippen LogP contribution in [-0.2, 0) is 19.0 Å². The summed E-state index contributed by atoms with van der Waals surface area (Å²) < 4.78 is 17.6. The van der Waals surface area contributed by atoms with Crippen LogP contribution < -0.4 is 0 Å². The fourth-order valence-corrected chi connectivity index (χ4v) is 10.6. The highest BCUT2D eigenvalue weighted by Gasteiger charge is 2.65. The lowest BCUT2D eigenvalue weighted by Crippen LogP contribution is -2.59. The van der Waals surface area contributed by atoms with Crippen molar-refractivity contribution >= 4 is 17.9 Å². The Morgan fingerprint density at radius 2 is 1.44 bits per heavy atom. The minimum absolute atomic E-state index is 0.0561. The topological polar surface area (TPSA) is 78.9 Å². The van der Waals surface area contributed by atoms with Gasteiger partial charge < -0.3 is 14.2 Å². The zero-order valence-corrected chi connectivity index (χ0v) is 27.4. The lowest BCUT2D eigenvalue weighted by Gasteiger charge is -2.62. The second-order valence-electron chi connectivity index (χ2n) is 15.0. The Balaban J connectivity index is 1.24. The number of carbonyl (C=O) groups excluding carboxylic acids is 3. The van der Waals surface area contributed by atoms with Crippen molar-refractivity contribution in [2.75, 3.05) is 7.11 Å². The summed E-state index contributed by atoms with van der Waals surface area (Å²) in [5.74, 6) is 2.08. The monoisotopic (exact) mass is 614 g/mol. The molecule has 0 spiro atoms. The van der Waals surface area contributed by atoms with Crippen molar-refractivity contribution in [2.24, 2.45) is 46.3 Å². The van der Waals surface area contributed by atoms with Crippen molar-refractivity contribution in [3.05, 3.63) is 71.8 Å². The van der Waals surface area contributed by atoms with Crippen LogP contribution in [0, 0.1) is 46.3 Å². The van der Waals surface area contributed by atoms with Gasteiger partial charge in [0.25, 0.3) is 0 Å². The van der Waals surface area contributed by atoms with Crippen LogP contribution in [0.4, 0.5) is 0 Å². The van der Waals surface area contributed by atoms with E-state index in [1.807, 2.05) is 60.7 Å². The molecule has 6 rings (SSSR count). The van der Waals surface area contributed by atoms with Gasteiger partial charge in [0, 0.05) is 11.8 Å². The fourth-order valence-electron chi connectivity index (χ4n) is 10.6. The highest BCUT2D eigenvalue weighted by atomic mass is 16.5. The van der Waals surface area contributed by atoms with Gasteiger partial charge in [0.15, 0.2) is 0 Å². The van der Waals surface area contributed by atoms with E-state index >= 15 is 0 Å². The molecule has 10 unspecified atom stereocenters. The molecule has 0 aromatic heterocycles. The van der Waals surface area contributed by atoms with Crippen LogP contribution in [0.2, 0.25) is 0 Å². The summed E-state index contributed by atoms with van der Waals surface area (Å²) in [5, 5.41) is 0. The van der Waals surface area contributed by atoms with Gasteiger partial charge in [0.05, 0.1) is 18.2 Å². The molecule has 0 saturated heterocycles. The Morgan fingerprint density at radius 1 is 0.800 bits per heavy atom. The number of esters is 3. The first-order valence-electron chi connectivity index (χ1n) is 17.2. The van der Waals surface area contributed by atoms with Crippen molar-refractivity contribution in [3.8, 4) is 0 Å². The standard InChI is InChI=1S/C39H50O6/c1-25(15-20-35(40)43-4)31-18-19-32-30-17-16-28-23-29(44-36(41)26-11-7-5-8-12-26)21-22-38(28,2)33(30)24-34(39(31,32)3)45-37(42)27-13-9-6-10-14-27/h5-14,25,28-34H,15-24H2,1-4H3. The smallest absolute Gasteiger partial charge is 0.338 e. The predicted octanol–water partition coefficient (Wildman–Crippen LogP) is 8.30. The third-order valence-corrected chi connectivity index (χ3v) is 13.0. The number of ether oxygens (including phenoxy) is 3. The molecular weight excluding hydrogens is 564 g/mol. The van der Waals surface area contributed by atoms with Gasteiger partial charge >= 0.3 is 17.9 Å². The maximum atomic E-state index is 13.6. The Hall–Kier alpha value is -3.15. The Kier molecular flexibility index (Phi) is 9.14. The predicted molar refractivity (Wildman–Crippen MR) is 172 cm³/mol. The first kappa shape index (κ1) is 31.8. The molecule has 0 radical (unpaired) electrons. The molecule has 0 heterocycles. The number of hydrogen-bond donors (Lipinski definition) is 0. The quantitative estimate of drug-likeness (QED) is 0.220. The first-order valence-corrected chi connectivity index (χ1v) is 17.2. The van der Waals surface area contributed by atoms with Gasteiger partial charge in [0.1, 0.15) is 12.2 Å². The zero-order chi connectivity index (χ0) is 31.8. The molecule has 242 valence electrons. The van der Waals surface area contributed by atoms with E-state index in [2.05, 4.69) is 20.8 Å². The van der Waals surface area contributed by atoms with Crippen LogP contribution in [0.5, 0.6) is 0 Å². The van der Waals surface area contributed by atoms with Gasteiger partial charge in [-0.3, -0.25) is 4.79 Å². The highest BCUT2D eigenvalue weighted by molar-refractivity contribution is 5.90. The van der Waals surface area contributed by atoms with Crippen LogP contribution in [-0.4, -0.2) is 37.2 Å². The van der Waals surface area contributed by atoms with Crippen LogP contribution >= 0.6 is 0 Å². The molecule has 4 aliphatic carbocycles. The molecule has 0 bridgehead atoms. The number of rotatable bonds is 8. The zero-order valence-electron chi connectivity index (χ0n) is 27.4. The van der Waals surface area contributed by atoms with E-state index in [-0.39, 0.29) is 40.9 Å². The number of carbonyl (C=O) groups is 3. The van der Waals surface area contributed by atoms with E-state index in [0.717, 1.165) is 51.4 Å². The molecule has 2 aromatic rings. The van der Waals surface area contributed by atoms with Gasteiger partial charge in [-0.05, 0) is 123 Å². The van der Waals surface area contributed by atoms with Gasteiger partial charge in [-0.2, -0.15) is 0 Å².